The molecule has 0 N–H and O–H groups in total. The van der Waals surface area contributed by atoms with Gasteiger partial charge in [-0.2, -0.15) is 0 Å². The van der Waals surface area contributed by atoms with E-state index in [4.69, 9.17) is 16.3 Å². The second-order valence-electron chi connectivity index (χ2n) is 9.06. The maximum Gasteiger partial charge on any atom is 0.310 e. The number of amides is 2. The Bertz CT molecular complexity index is 1360. The molecule has 2 aliphatic rings. The highest BCUT2D eigenvalue weighted by molar-refractivity contribution is 6.36. The van der Waals surface area contributed by atoms with Gasteiger partial charge in [0.25, 0.3) is 11.8 Å². The number of ether oxygens (including phenoxy) is 1. The van der Waals surface area contributed by atoms with Crippen LogP contribution in [-0.4, -0.2) is 30.2 Å². The smallest absolute Gasteiger partial charge is 0.310 e. The Balaban J connectivity index is 1.69. The average molecular weight is 502 g/mol. The fourth-order valence-electron chi connectivity index (χ4n) is 5.56. The molecule has 0 bridgehead atoms. The van der Waals surface area contributed by atoms with Crippen molar-refractivity contribution in [3.05, 3.63) is 101 Å². The van der Waals surface area contributed by atoms with Gasteiger partial charge < -0.3 is 4.74 Å². The van der Waals surface area contributed by atoms with Gasteiger partial charge in [0.15, 0.2) is 5.78 Å². The van der Waals surface area contributed by atoms with Crippen molar-refractivity contribution in [2.45, 2.75) is 31.1 Å². The number of nitrogens with zero attached hydrogens (tertiary/aromatic N) is 1. The first-order valence-corrected chi connectivity index (χ1v) is 12.3. The maximum atomic E-state index is 14.3. The Hall–Kier alpha value is -3.77. The van der Waals surface area contributed by atoms with Crippen LogP contribution in [0.3, 0.4) is 0 Å². The van der Waals surface area contributed by atoms with Crippen LogP contribution in [0, 0.1) is 5.92 Å². The molecule has 0 aromatic heterocycles. The van der Waals surface area contributed by atoms with E-state index in [-0.39, 0.29) is 36.6 Å². The van der Waals surface area contributed by atoms with Crippen LogP contribution < -0.4 is 4.90 Å². The third-order valence-corrected chi connectivity index (χ3v) is 7.38. The van der Waals surface area contributed by atoms with Crippen LogP contribution in [0.1, 0.15) is 47.2 Å². The van der Waals surface area contributed by atoms with Crippen molar-refractivity contribution in [2.24, 2.45) is 5.92 Å². The molecule has 3 aromatic rings. The van der Waals surface area contributed by atoms with E-state index < -0.39 is 34.9 Å². The summed E-state index contributed by atoms with van der Waals surface area (Å²) in [6.45, 7) is 1.77. The van der Waals surface area contributed by atoms with Gasteiger partial charge in [-0.25, -0.2) is 4.90 Å². The van der Waals surface area contributed by atoms with Gasteiger partial charge >= 0.3 is 5.97 Å². The summed E-state index contributed by atoms with van der Waals surface area (Å²) < 4.78 is 5.39. The zero-order chi connectivity index (χ0) is 25.4. The highest BCUT2D eigenvalue weighted by Crippen LogP contribution is 2.55. The Morgan fingerprint density at radius 3 is 2.33 bits per heavy atom. The van der Waals surface area contributed by atoms with Gasteiger partial charge in [-0.05, 0) is 55.2 Å². The molecule has 1 aliphatic carbocycles. The van der Waals surface area contributed by atoms with Crippen molar-refractivity contribution < 1.29 is 23.9 Å². The number of hydrogen-bond donors (Lipinski definition) is 0. The molecular formula is C29H24ClNO5. The molecule has 5 rings (SSSR count). The number of Topliss-reactive ketones (excluding diaryl/α,β-unsaturated/α-hetero) is 1. The number of fused-ring (bicyclic) bond motifs is 2. The Morgan fingerprint density at radius 1 is 1.00 bits per heavy atom. The number of carbonyl (C=O) groups excluding carboxylic acids is 4. The number of anilines is 1. The van der Waals surface area contributed by atoms with Crippen LogP contribution in [0.25, 0.3) is 0 Å². The van der Waals surface area contributed by atoms with Crippen molar-refractivity contribution in [3.8, 4) is 0 Å². The number of carbonyl (C=O) groups is 4. The Morgan fingerprint density at radius 2 is 1.67 bits per heavy atom. The maximum absolute atomic E-state index is 14.3. The van der Waals surface area contributed by atoms with E-state index in [9.17, 15) is 19.2 Å². The minimum atomic E-state index is -1.89. The van der Waals surface area contributed by atoms with Gasteiger partial charge in [-0.1, -0.05) is 60.1 Å². The summed E-state index contributed by atoms with van der Waals surface area (Å²) in [5.41, 5.74) is -0.147. The van der Waals surface area contributed by atoms with Crippen LogP contribution >= 0.6 is 11.6 Å². The third-order valence-electron chi connectivity index (χ3n) is 7.15. The predicted molar refractivity (Wildman–Crippen MR) is 135 cm³/mol. The van der Waals surface area contributed by atoms with Crippen molar-refractivity contribution in [2.75, 3.05) is 11.5 Å². The van der Waals surface area contributed by atoms with Crippen LogP contribution in [0.15, 0.2) is 78.9 Å². The SMILES string of the molecule is CCOC(=O)C1CC(c2ccccc2)CC(=O)C12C(=O)N(C(=O)c1ccccc1)c1ccc(Cl)cc12. The molecule has 1 saturated carbocycles. The molecule has 3 aromatic carbocycles. The van der Waals surface area contributed by atoms with E-state index >= 15 is 0 Å². The molecular weight excluding hydrogens is 478 g/mol. The molecule has 2 amide bonds. The molecule has 0 radical (unpaired) electrons. The number of esters is 1. The first-order valence-electron chi connectivity index (χ1n) is 11.9. The van der Waals surface area contributed by atoms with E-state index in [2.05, 4.69) is 0 Å². The molecule has 1 fully saturated rings. The molecule has 0 saturated heterocycles. The molecule has 182 valence electrons. The van der Waals surface area contributed by atoms with Gasteiger partial charge in [0.05, 0.1) is 18.2 Å². The summed E-state index contributed by atoms with van der Waals surface area (Å²) in [5.74, 6) is -3.74. The van der Waals surface area contributed by atoms with E-state index in [0.717, 1.165) is 10.5 Å². The lowest BCUT2D eigenvalue weighted by Gasteiger charge is -2.40. The third kappa shape index (κ3) is 3.64. The van der Waals surface area contributed by atoms with Crippen molar-refractivity contribution in [1.29, 1.82) is 0 Å². The Kier molecular flexibility index (Phi) is 6.22. The van der Waals surface area contributed by atoms with Gasteiger partial charge in [-0.15, -0.1) is 0 Å². The normalized spacial score (nSPS) is 23.0. The van der Waals surface area contributed by atoms with E-state index in [1.54, 1.807) is 49.4 Å². The van der Waals surface area contributed by atoms with Crippen LogP contribution in [0.2, 0.25) is 5.02 Å². The topological polar surface area (TPSA) is 80.8 Å². The van der Waals surface area contributed by atoms with Gasteiger partial charge in [0.1, 0.15) is 5.41 Å². The lowest BCUT2D eigenvalue weighted by atomic mass is 9.58. The lowest BCUT2D eigenvalue weighted by Crippen LogP contribution is -2.57. The summed E-state index contributed by atoms with van der Waals surface area (Å²) in [4.78, 5) is 56.4. The van der Waals surface area contributed by atoms with Gasteiger partial charge in [0.2, 0.25) is 0 Å². The number of halogens is 1. The minimum Gasteiger partial charge on any atom is -0.466 e. The first-order chi connectivity index (χ1) is 17.4. The van der Waals surface area contributed by atoms with Crippen molar-refractivity contribution in [1.82, 2.24) is 0 Å². The van der Waals surface area contributed by atoms with Crippen LogP contribution in [-0.2, 0) is 24.5 Å². The molecule has 1 spiro atoms. The first kappa shape index (κ1) is 23.9. The van der Waals surface area contributed by atoms with Crippen LogP contribution in [0.5, 0.6) is 0 Å². The van der Waals surface area contributed by atoms with Gasteiger partial charge in [0, 0.05) is 22.6 Å². The van der Waals surface area contributed by atoms with Gasteiger partial charge in [-0.3, -0.25) is 19.2 Å². The summed E-state index contributed by atoms with van der Waals surface area (Å²) in [6, 6.07) is 22.5. The monoisotopic (exact) mass is 501 g/mol. The molecule has 6 nitrogen and oxygen atoms in total. The molecule has 7 heteroatoms. The van der Waals surface area contributed by atoms with Crippen molar-refractivity contribution >= 4 is 40.9 Å². The number of benzene rings is 3. The fourth-order valence-corrected chi connectivity index (χ4v) is 5.73. The predicted octanol–water partition coefficient (Wildman–Crippen LogP) is 5.09. The zero-order valence-corrected chi connectivity index (χ0v) is 20.4. The molecule has 1 heterocycles. The zero-order valence-electron chi connectivity index (χ0n) is 19.6. The average Bonchev–Trinajstić information content (AvgIpc) is 3.14. The quantitative estimate of drug-likeness (QED) is 0.282. The minimum absolute atomic E-state index is 0.0466. The number of rotatable bonds is 4. The number of hydrogen-bond acceptors (Lipinski definition) is 5. The summed E-state index contributed by atoms with van der Waals surface area (Å²) >= 11 is 6.34. The molecule has 3 atom stereocenters. The molecule has 1 aliphatic heterocycles. The second-order valence-corrected chi connectivity index (χ2v) is 9.49. The van der Waals surface area contributed by atoms with E-state index in [1.165, 1.54) is 6.07 Å². The molecule has 36 heavy (non-hydrogen) atoms. The summed E-state index contributed by atoms with van der Waals surface area (Å²) in [5, 5.41) is 0.301. The van der Waals surface area contributed by atoms with Crippen LogP contribution in [0.4, 0.5) is 5.69 Å². The standard InChI is InChI=1S/C29H24ClNO5/c1-2-36-27(34)23-15-20(18-9-5-3-6-10-18)16-25(32)29(23)22-17-21(30)13-14-24(22)31(28(29)35)26(33)19-11-7-4-8-12-19/h3-14,17,20,23H,2,15-16H2,1H3. The number of imide groups is 1. The second kappa shape index (κ2) is 9.36. The summed E-state index contributed by atoms with van der Waals surface area (Å²) in [6.07, 6.45) is 0.268. The largest absolute Gasteiger partial charge is 0.466 e. The van der Waals surface area contributed by atoms with E-state index in [0.29, 0.717) is 10.6 Å². The van der Waals surface area contributed by atoms with E-state index in [1.807, 2.05) is 30.3 Å². The fraction of sp³-hybridized carbons (Fsp3) is 0.241. The highest BCUT2D eigenvalue weighted by Gasteiger charge is 2.66. The van der Waals surface area contributed by atoms with Crippen molar-refractivity contribution in [3.63, 3.8) is 0 Å². The summed E-state index contributed by atoms with van der Waals surface area (Å²) in [7, 11) is 0. The Labute approximate surface area is 213 Å². The highest BCUT2D eigenvalue weighted by atomic mass is 35.5. The number of ketones is 1. The molecule has 3 unspecified atom stereocenters. The lowest BCUT2D eigenvalue weighted by molar-refractivity contribution is -0.159.